The normalized spacial score (nSPS) is 11.2. The predicted molar refractivity (Wildman–Crippen MR) is 96.5 cm³/mol. The van der Waals surface area contributed by atoms with Crippen LogP contribution in [0, 0.1) is 13.8 Å². The second kappa shape index (κ2) is 8.82. The van der Waals surface area contributed by atoms with E-state index in [4.69, 9.17) is 13.9 Å². The maximum atomic E-state index is 12.3. The third kappa shape index (κ3) is 5.17. The topological polar surface area (TPSA) is 70.7 Å². The van der Waals surface area contributed by atoms with Crippen molar-refractivity contribution < 1.29 is 23.5 Å². The molecule has 0 radical (unpaired) electrons. The predicted octanol–water partition coefficient (Wildman–Crippen LogP) is 3.55. The molecule has 0 aromatic carbocycles. The van der Waals surface area contributed by atoms with Gasteiger partial charge in [-0.2, -0.15) is 0 Å². The van der Waals surface area contributed by atoms with Gasteiger partial charge in [0.15, 0.2) is 11.3 Å². The van der Waals surface area contributed by atoms with Crippen LogP contribution in [0.1, 0.15) is 27.5 Å². The molecule has 7 heteroatoms. The fraction of sp³-hybridized carbons (Fsp3) is 0.333. The zero-order valence-corrected chi connectivity index (χ0v) is 16.0. The molecular weight excluding hydrogens is 390 g/mol. The maximum Gasteiger partial charge on any atom is 0.331 e. The molecule has 0 aliphatic rings. The molecule has 2 aromatic rings. The highest BCUT2D eigenvalue weighted by molar-refractivity contribution is 9.10. The van der Waals surface area contributed by atoms with Crippen LogP contribution in [0.4, 0.5) is 0 Å². The Bertz CT molecular complexity index is 787. The van der Waals surface area contributed by atoms with Crippen LogP contribution < -0.4 is 0 Å². The first-order valence-electron chi connectivity index (χ1n) is 7.71. The molecule has 0 saturated heterocycles. The smallest absolute Gasteiger partial charge is 0.331 e. The fourth-order valence-electron chi connectivity index (χ4n) is 2.44. The molecule has 6 nitrogen and oxygen atoms in total. The van der Waals surface area contributed by atoms with Crippen LogP contribution >= 0.6 is 15.9 Å². The van der Waals surface area contributed by atoms with Crippen LogP contribution in [0.2, 0.25) is 0 Å². The number of nitrogens with zero attached hydrogens (tertiary/aromatic N) is 1. The first-order valence-corrected chi connectivity index (χ1v) is 8.50. The highest BCUT2D eigenvalue weighted by atomic mass is 79.9. The highest BCUT2D eigenvalue weighted by Gasteiger charge is 2.16. The number of furan rings is 1. The van der Waals surface area contributed by atoms with Crippen LogP contribution in [0.25, 0.3) is 6.08 Å². The van der Waals surface area contributed by atoms with Crippen molar-refractivity contribution in [3.63, 3.8) is 0 Å². The molecular formula is C18H20BrNO5. The van der Waals surface area contributed by atoms with Crippen LogP contribution in [0.3, 0.4) is 0 Å². The summed E-state index contributed by atoms with van der Waals surface area (Å²) >= 11 is 3.17. The van der Waals surface area contributed by atoms with Gasteiger partial charge in [0, 0.05) is 36.7 Å². The van der Waals surface area contributed by atoms with Gasteiger partial charge in [0.1, 0.15) is 5.76 Å². The minimum atomic E-state index is -0.603. The molecule has 0 aliphatic carbocycles. The molecule has 0 aliphatic heterocycles. The Morgan fingerprint density at radius 3 is 2.72 bits per heavy atom. The number of aryl methyl sites for hydroxylation is 1. The maximum absolute atomic E-state index is 12.3. The number of carbonyl (C=O) groups is 2. The molecule has 0 bridgehead atoms. The summed E-state index contributed by atoms with van der Waals surface area (Å²) in [6, 6.07) is 5.22. The summed E-state index contributed by atoms with van der Waals surface area (Å²) in [4.78, 5) is 24.0. The minimum absolute atomic E-state index is 0.237. The van der Waals surface area contributed by atoms with Crippen molar-refractivity contribution in [2.45, 2.75) is 20.4 Å². The fourth-order valence-corrected chi connectivity index (χ4v) is 2.76. The van der Waals surface area contributed by atoms with Gasteiger partial charge in [-0.3, -0.25) is 4.79 Å². The molecule has 0 N–H and O–H groups in total. The number of carbonyl (C=O) groups excluding carboxylic acids is 2. The number of Topliss-reactive ketones (excluding diaryl/α,β-unsaturated/α-hetero) is 1. The number of methoxy groups -OCH3 is 1. The summed E-state index contributed by atoms with van der Waals surface area (Å²) in [5.74, 6) is -0.329. The lowest BCUT2D eigenvalue weighted by Crippen LogP contribution is -2.14. The van der Waals surface area contributed by atoms with E-state index in [0.717, 1.165) is 11.4 Å². The molecule has 0 amide bonds. The minimum Gasteiger partial charge on any atom is -0.454 e. The lowest BCUT2D eigenvalue weighted by Gasteiger charge is -2.08. The Hall–Kier alpha value is -2.12. The molecule has 0 unspecified atom stereocenters. The first kappa shape index (κ1) is 19.2. The standard InChI is InChI=1S/C18H20BrNO5/c1-12-10-15(13(2)20(12)8-9-23-3)16(21)11-24-18(22)7-5-14-4-6-17(19)25-14/h4-7,10H,8-9,11H2,1-3H3/b7-5+. The Kier molecular flexibility index (Phi) is 6.78. The van der Waals surface area contributed by atoms with Gasteiger partial charge in [0.2, 0.25) is 5.78 Å². The lowest BCUT2D eigenvalue weighted by molar-refractivity contribution is -0.136. The summed E-state index contributed by atoms with van der Waals surface area (Å²) in [7, 11) is 1.63. The van der Waals surface area contributed by atoms with Gasteiger partial charge in [-0.05, 0) is 54.1 Å². The van der Waals surface area contributed by atoms with Crippen molar-refractivity contribution >= 4 is 33.8 Å². The highest BCUT2D eigenvalue weighted by Crippen LogP contribution is 2.17. The van der Waals surface area contributed by atoms with E-state index >= 15 is 0 Å². The summed E-state index contributed by atoms with van der Waals surface area (Å²) in [5, 5.41) is 0. The number of ketones is 1. The zero-order chi connectivity index (χ0) is 18.4. The molecule has 2 aromatic heterocycles. The van der Waals surface area contributed by atoms with Crippen molar-refractivity contribution in [1.29, 1.82) is 0 Å². The molecule has 2 heterocycles. The van der Waals surface area contributed by atoms with Crippen LogP contribution in [-0.4, -0.2) is 36.6 Å². The number of ether oxygens (including phenoxy) is 2. The second-order valence-electron chi connectivity index (χ2n) is 5.44. The van der Waals surface area contributed by atoms with E-state index in [9.17, 15) is 9.59 Å². The summed E-state index contributed by atoms with van der Waals surface area (Å²) in [5.41, 5.74) is 2.36. The van der Waals surface area contributed by atoms with Gasteiger partial charge in [0.05, 0.1) is 6.61 Å². The van der Waals surface area contributed by atoms with E-state index in [2.05, 4.69) is 15.9 Å². The van der Waals surface area contributed by atoms with E-state index in [1.807, 2.05) is 18.4 Å². The molecule has 0 fully saturated rings. The van der Waals surface area contributed by atoms with Gasteiger partial charge in [0.25, 0.3) is 0 Å². The van der Waals surface area contributed by atoms with Gasteiger partial charge in [-0.15, -0.1) is 0 Å². The monoisotopic (exact) mass is 409 g/mol. The van der Waals surface area contributed by atoms with E-state index in [1.54, 1.807) is 25.3 Å². The summed E-state index contributed by atoms with van der Waals surface area (Å²) in [6.45, 7) is 4.72. The number of halogens is 1. The zero-order valence-electron chi connectivity index (χ0n) is 14.4. The Morgan fingerprint density at radius 1 is 1.32 bits per heavy atom. The second-order valence-corrected chi connectivity index (χ2v) is 6.22. The quantitative estimate of drug-likeness (QED) is 0.378. The average Bonchev–Trinajstić information content (AvgIpc) is 3.12. The van der Waals surface area contributed by atoms with Gasteiger partial charge < -0.3 is 18.5 Å². The molecule has 0 saturated carbocycles. The first-order chi connectivity index (χ1) is 11.9. The SMILES string of the molecule is COCCn1c(C)cc(C(=O)COC(=O)/C=C/c2ccc(Br)o2)c1C. The van der Waals surface area contributed by atoms with Crippen molar-refractivity contribution in [1.82, 2.24) is 4.57 Å². The van der Waals surface area contributed by atoms with Gasteiger partial charge >= 0.3 is 5.97 Å². The van der Waals surface area contributed by atoms with Gasteiger partial charge in [-0.25, -0.2) is 4.79 Å². The van der Waals surface area contributed by atoms with Crippen molar-refractivity contribution in [3.8, 4) is 0 Å². The van der Waals surface area contributed by atoms with Gasteiger partial charge in [-0.1, -0.05) is 0 Å². The van der Waals surface area contributed by atoms with E-state index in [1.165, 1.54) is 12.2 Å². The number of hydrogen-bond acceptors (Lipinski definition) is 5. The van der Waals surface area contributed by atoms with E-state index < -0.39 is 5.97 Å². The number of aromatic nitrogens is 1. The molecule has 0 atom stereocenters. The van der Waals surface area contributed by atoms with E-state index in [0.29, 0.717) is 29.1 Å². The van der Waals surface area contributed by atoms with Crippen molar-refractivity contribution in [3.05, 3.63) is 51.7 Å². The molecule has 2 rings (SSSR count). The largest absolute Gasteiger partial charge is 0.454 e. The van der Waals surface area contributed by atoms with E-state index in [-0.39, 0.29) is 12.4 Å². The Balaban J connectivity index is 1.93. The number of rotatable bonds is 8. The number of esters is 1. The summed E-state index contributed by atoms with van der Waals surface area (Å²) < 4.78 is 17.9. The molecule has 25 heavy (non-hydrogen) atoms. The van der Waals surface area contributed by atoms with Crippen LogP contribution in [0.5, 0.6) is 0 Å². The third-order valence-electron chi connectivity index (χ3n) is 3.72. The Labute approximate surface area is 154 Å². The van der Waals surface area contributed by atoms with Crippen molar-refractivity contribution in [2.75, 3.05) is 20.3 Å². The number of hydrogen-bond donors (Lipinski definition) is 0. The summed E-state index contributed by atoms with van der Waals surface area (Å²) in [6.07, 6.45) is 2.70. The Morgan fingerprint density at radius 2 is 2.08 bits per heavy atom. The lowest BCUT2D eigenvalue weighted by atomic mass is 10.1. The third-order valence-corrected chi connectivity index (χ3v) is 4.14. The van der Waals surface area contributed by atoms with Crippen molar-refractivity contribution in [2.24, 2.45) is 0 Å². The average molecular weight is 410 g/mol. The molecule has 134 valence electrons. The van der Waals surface area contributed by atoms with Crippen LogP contribution in [0.15, 0.2) is 33.4 Å². The molecule has 0 spiro atoms. The van der Waals surface area contributed by atoms with Crippen LogP contribution in [-0.2, 0) is 20.8 Å².